The average Bonchev–Trinajstić information content (AvgIpc) is 2.32. The molecule has 1 aromatic rings. The highest BCUT2D eigenvalue weighted by atomic mass is 35.5. The zero-order valence-electron chi connectivity index (χ0n) is 11.0. The zero-order valence-corrected chi connectivity index (χ0v) is 12.6. The summed E-state index contributed by atoms with van der Waals surface area (Å²) in [6, 6.07) is 3.44. The van der Waals surface area contributed by atoms with E-state index >= 15 is 0 Å². The number of benzene rings is 1. The summed E-state index contributed by atoms with van der Waals surface area (Å²) in [7, 11) is 0. The fourth-order valence-corrected chi connectivity index (χ4v) is 1.60. The van der Waals surface area contributed by atoms with E-state index in [9.17, 15) is 13.2 Å². The molecule has 0 fully saturated rings. The van der Waals surface area contributed by atoms with Crippen LogP contribution in [0.4, 0.5) is 13.2 Å². The number of hydrogen-bond acceptors (Lipinski definition) is 2. The maximum atomic E-state index is 12.0. The Balaban J connectivity index is 0.000000399. The monoisotopic (exact) mass is 313 g/mol. The molecule has 110 valence electrons. The summed E-state index contributed by atoms with van der Waals surface area (Å²) in [4.78, 5) is 0.131. The summed E-state index contributed by atoms with van der Waals surface area (Å²) in [6.45, 7) is 4.29. The minimum atomic E-state index is -4.33. The second-order valence-electron chi connectivity index (χ2n) is 4.12. The number of alkyl halides is 3. The van der Waals surface area contributed by atoms with Gasteiger partial charge >= 0.3 is 6.18 Å². The third kappa shape index (κ3) is 7.70. The molecule has 0 amide bonds. The van der Waals surface area contributed by atoms with Gasteiger partial charge < -0.3 is 5.73 Å². The van der Waals surface area contributed by atoms with E-state index in [-0.39, 0.29) is 9.92 Å². The summed E-state index contributed by atoms with van der Waals surface area (Å²) in [5, 5.41) is 0.214. The van der Waals surface area contributed by atoms with E-state index in [0.717, 1.165) is 18.6 Å². The minimum absolute atomic E-state index is 0.131. The lowest BCUT2D eigenvalue weighted by Crippen LogP contribution is -2.17. The van der Waals surface area contributed by atoms with E-state index in [2.05, 4.69) is 26.5 Å². The van der Waals surface area contributed by atoms with Crippen LogP contribution in [0.25, 0.3) is 0 Å². The van der Waals surface area contributed by atoms with Gasteiger partial charge in [0.25, 0.3) is 0 Å². The molecule has 0 radical (unpaired) electrons. The Morgan fingerprint density at radius 3 is 2.21 bits per heavy atom. The Morgan fingerprint density at radius 1 is 1.32 bits per heavy atom. The number of hydrogen-bond donors (Lipinski definition) is 2. The van der Waals surface area contributed by atoms with Crippen LogP contribution in [0.3, 0.4) is 0 Å². The highest BCUT2D eigenvalue weighted by Gasteiger charge is 2.30. The normalized spacial score (nSPS) is 12.6. The molecule has 0 aliphatic carbocycles. The highest BCUT2D eigenvalue weighted by Crippen LogP contribution is 2.32. The fraction of sp³-hybridized carbons (Fsp3) is 0.538. The molecule has 0 aliphatic rings. The maximum Gasteiger partial charge on any atom is 0.416 e. The second-order valence-corrected chi connectivity index (χ2v) is 5.01. The molecule has 0 aromatic heterocycles. The van der Waals surface area contributed by atoms with Crippen LogP contribution < -0.4 is 5.73 Å². The average molecular weight is 314 g/mol. The van der Waals surface area contributed by atoms with Gasteiger partial charge in [-0.15, -0.1) is 12.6 Å². The van der Waals surface area contributed by atoms with Gasteiger partial charge in [0.1, 0.15) is 0 Å². The predicted molar refractivity (Wildman–Crippen MR) is 76.9 cm³/mol. The molecule has 1 aromatic carbocycles. The fourth-order valence-electron chi connectivity index (χ4n) is 1.26. The molecule has 6 heteroatoms. The first-order valence-corrected chi connectivity index (χ1v) is 6.86. The van der Waals surface area contributed by atoms with Crippen LogP contribution in [0, 0.1) is 0 Å². The molecule has 0 aliphatic heterocycles. The van der Waals surface area contributed by atoms with Crippen molar-refractivity contribution in [1.29, 1.82) is 0 Å². The van der Waals surface area contributed by atoms with Gasteiger partial charge in [-0.1, -0.05) is 31.9 Å². The molecular weight excluding hydrogens is 295 g/mol. The van der Waals surface area contributed by atoms with E-state index in [4.69, 9.17) is 17.3 Å². The molecule has 0 saturated carbocycles. The van der Waals surface area contributed by atoms with Crippen molar-refractivity contribution in [2.75, 3.05) is 0 Å². The molecule has 0 spiro atoms. The van der Waals surface area contributed by atoms with Crippen molar-refractivity contribution in [3.05, 3.63) is 28.8 Å². The third-order valence-electron chi connectivity index (χ3n) is 2.46. The summed E-state index contributed by atoms with van der Waals surface area (Å²) in [5.41, 5.74) is 4.84. The van der Waals surface area contributed by atoms with Crippen molar-refractivity contribution in [2.45, 2.75) is 50.2 Å². The Hall–Kier alpha value is -0.390. The van der Waals surface area contributed by atoms with Gasteiger partial charge in [0.15, 0.2) is 0 Å². The second kappa shape index (κ2) is 8.72. The minimum Gasteiger partial charge on any atom is -0.328 e. The zero-order chi connectivity index (χ0) is 15.1. The first-order valence-electron chi connectivity index (χ1n) is 6.03. The summed E-state index contributed by atoms with van der Waals surface area (Å²) >= 11 is 9.25. The lowest BCUT2D eigenvalue weighted by molar-refractivity contribution is -0.137. The molecule has 1 nitrogen and oxygen atoms in total. The van der Waals surface area contributed by atoms with Gasteiger partial charge in [0, 0.05) is 10.9 Å². The molecule has 1 unspecified atom stereocenters. The van der Waals surface area contributed by atoms with Crippen LogP contribution in [0.5, 0.6) is 0 Å². The molecule has 0 heterocycles. The first kappa shape index (κ1) is 18.6. The van der Waals surface area contributed by atoms with Crippen molar-refractivity contribution >= 4 is 24.2 Å². The summed E-state index contributed by atoms with van der Waals surface area (Å²) < 4.78 is 36.1. The quantitative estimate of drug-likeness (QED) is 0.740. The SMILES string of the molecule is CCCC(N)CC.FC(F)(F)c1ccc(Cl)c(S)c1. The van der Waals surface area contributed by atoms with Gasteiger partial charge in [-0.3, -0.25) is 0 Å². The summed E-state index contributed by atoms with van der Waals surface area (Å²) in [5.74, 6) is 0. The molecule has 0 bridgehead atoms. The van der Waals surface area contributed by atoms with E-state index in [0.29, 0.717) is 6.04 Å². The van der Waals surface area contributed by atoms with Crippen LogP contribution in [-0.2, 0) is 6.18 Å². The van der Waals surface area contributed by atoms with Gasteiger partial charge in [0.2, 0.25) is 0 Å². The number of halogens is 4. The number of nitrogens with two attached hydrogens (primary N) is 1. The van der Waals surface area contributed by atoms with Crippen LogP contribution >= 0.6 is 24.2 Å². The molecule has 2 N–H and O–H groups in total. The summed E-state index contributed by atoms with van der Waals surface area (Å²) in [6.07, 6.45) is -0.818. The van der Waals surface area contributed by atoms with E-state index in [1.165, 1.54) is 18.9 Å². The lowest BCUT2D eigenvalue weighted by atomic mass is 10.1. The Morgan fingerprint density at radius 2 is 1.89 bits per heavy atom. The number of thiol groups is 1. The smallest absolute Gasteiger partial charge is 0.328 e. The van der Waals surface area contributed by atoms with E-state index < -0.39 is 11.7 Å². The van der Waals surface area contributed by atoms with Crippen molar-refractivity contribution in [3.63, 3.8) is 0 Å². The lowest BCUT2D eigenvalue weighted by Gasteiger charge is -2.06. The highest BCUT2D eigenvalue weighted by molar-refractivity contribution is 7.80. The maximum absolute atomic E-state index is 12.0. The van der Waals surface area contributed by atoms with Crippen LogP contribution in [0.2, 0.25) is 5.02 Å². The van der Waals surface area contributed by atoms with Gasteiger partial charge in [0.05, 0.1) is 10.6 Å². The van der Waals surface area contributed by atoms with Gasteiger partial charge in [-0.2, -0.15) is 13.2 Å². The van der Waals surface area contributed by atoms with Crippen molar-refractivity contribution < 1.29 is 13.2 Å². The van der Waals surface area contributed by atoms with Crippen molar-refractivity contribution in [2.24, 2.45) is 5.73 Å². The van der Waals surface area contributed by atoms with Gasteiger partial charge in [-0.25, -0.2) is 0 Å². The van der Waals surface area contributed by atoms with E-state index in [1.54, 1.807) is 0 Å². The third-order valence-corrected chi connectivity index (χ3v) is 3.29. The standard InChI is InChI=1S/C7H4ClF3S.C6H15N/c8-5-2-1-4(3-6(5)12)7(9,10)11;1-3-5-6(7)4-2/h1-3,12H;6H,3-5,7H2,1-2H3. The van der Waals surface area contributed by atoms with Crippen LogP contribution in [-0.4, -0.2) is 6.04 Å². The van der Waals surface area contributed by atoms with Crippen molar-refractivity contribution in [1.82, 2.24) is 0 Å². The number of rotatable bonds is 3. The topological polar surface area (TPSA) is 26.0 Å². The predicted octanol–water partition coefficient (Wildman–Crippen LogP) is 5.17. The molecule has 1 atom stereocenters. The van der Waals surface area contributed by atoms with E-state index in [1.807, 2.05) is 0 Å². The van der Waals surface area contributed by atoms with Crippen molar-refractivity contribution in [3.8, 4) is 0 Å². The molecule has 0 saturated heterocycles. The molecule has 1 rings (SSSR count). The first-order chi connectivity index (χ1) is 8.72. The molecular formula is C13H19ClF3NS. The Kier molecular flexibility index (Phi) is 8.54. The Labute approximate surface area is 122 Å². The van der Waals surface area contributed by atoms with Crippen LogP contribution in [0.15, 0.2) is 23.1 Å². The van der Waals surface area contributed by atoms with Gasteiger partial charge in [-0.05, 0) is 31.0 Å². The molecule has 19 heavy (non-hydrogen) atoms. The largest absolute Gasteiger partial charge is 0.416 e. The Bertz CT molecular complexity index is 383. The van der Waals surface area contributed by atoms with Crippen LogP contribution in [0.1, 0.15) is 38.7 Å².